The van der Waals surface area contributed by atoms with Gasteiger partial charge in [0, 0.05) is 24.7 Å². The van der Waals surface area contributed by atoms with Crippen LogP contribution in [0, 0.1) is 5.92 Å². The van der Waals surface area contributed by atoms with Crippen molar-refractivity contribution < 1.29 is 9.47 Å². The molecule has 1 heterocycles. The fourth-order valence-corrected chi connectivity index (χ4v) is 4.79. The normalized spacial score (nSPS) is 15.8. The molecule has 0 fully saturated rings. The van der Waals surface area contributed by atoms with Gasteiger partial charge in [-0.15, -0.1) is 11.3 Å². The zero-order chi connectivity index (χ0) is 25.5. The number of halogens is 1. The molecule has 1 aromatic heterocycles. The Labute approximate surface area is 209 Å². The van der Waals surface area contributed by atoms with Gasteiger partial charge >= 0.3 is 0 Å². The summed E-state index contributed by atoms with van der Waals surface area (Å²) < 4.78 is 13.7. The maximum absolute atomic E-state index is 12.5. The summed E-state index contributed by atoms with van der Waals surface area (Å²) in [6.07, 6.45) is 26.4. The minimum atomic E-state index is 0.182. The number of rotatable bonds is 12. The third-order valence-corrected chi connectivity index (χ3v) is 6.67. The summed E-state index contributed by atoms with van der Waals surface area (Å²) in [4.78, 5) is 4.85. The molecule has 0 aliphatic carbocycles. The number of hydrogen-bond acceptors (Lipinski definition) is 2. The van der Waals surface area contributed by atoms with Gasteiger partial charge in [-0.25, -0.2) is 0 Å². The van der Waals surface area contributed by atoms with E-state index in [9.17, 15) is 4.53 Å². The highest BCUT2D eigenvalue weighted by atomic mass is 32.1. The highest BCUT2D eigenvalue weighted by molar-refractivity contribution is 7.11. The van der Waals surface area contributed by atoms with Gasteiger partial charge in [-0.05, 0) is 62.8 Å². The third kappa shape index (κ3) is 8.46. The van der Waals surface area contributed by atoms with Crippen molar-refractivity contribution in [2.24, 2.45) is 5.92 Å². The third-order valence-electron chi connectivity index (χ3n) is 5.35. The SMILES string of the molecule is C=C/C(=C\C=C(/C)OF)c1sc(=C/C)/c(=C\C=C/C)c1C(=C)/C=C/C=C(\C=C/C)C(C)CCC. The van der Waals surface area contributed by atoms with Gasteiger partial charge in [0.15, 0.2) is 0 Å². The molecule has 0 aliphatic heterocycles. The average molecular weight is 479 g/mol. The Bertz CT molecular complexity index is 1130. The summed E-state index contributed by atoms with van der Waals surface area (Å²) in [6.45, 7) is 20.5. The average Bonchev–Trinajstić information content (AvgIpc) is 3.20. The molecule has 1 atom stereocenters. The molecule has 1 rings (SSSR count). The van der Waals surface area contributed by atoms with Crippen LogP contribution in [0.15, 0.2) is 85.3 Å². The number of hydrogen-bond donors (Lipinski definition) is 0. The van der Waals surface area contributed by atoms with E-state index in [0.717, 1.165) is 44.2 Å². The van der Waals surface area contributed by atoms with E-state index >= 15 is 0 Å². The molecule has 1 unspecified atom stereocenters. The molecule has 0 amide bonds. The Kier molecular flexibility index (Phi) is 13.6. The van der Waals surface area contributed by atoms with Crippen LogP contribution < -0.4 is 9.75 Å². The Morgan fingerprint density at radius 3 is 2.38 bits per heavy atom. The molecule has 0 radical (unpaired) electrons. The van der Waals surface area contributed by atoms with Crippen LogP contribution in [0.5, 0.6) is 0 Å². The van der Waals surface area contributed by atoms with E-state index in [1.54, 1.807) is 30.4 Å². The summed E-state index contributed by atoms with van der Waals surface area (Å²) in [5, 5.41) is 1.11. The summed E-state index contributed by atoms with van der Waals surface area (Å²) in [5.74, 6) is 0.681. The Balaban J connectivity index is 3.71. The minimum Gasteiger partial charge on any atom is -0.299 e. The van der Waals surface area contributed by atoms with Gasteiger partial charge in [-0.1, -0.05) is 100 Å². The maximum Gasteiger partial charge on any atom is 0.145 e. The molecule has 182 valence electrons. The molecule has 34 heavy (non-hydrogen) atoms. The second-order valence-electron chi connectivity index (χ2n) is 7.99. The first-order chi connectivity index (χ1) is 16.4. The summed E-state index contributed by atoms with van der Waals surface area (Å²) in [7, 11) is 0. The van der Waals surface area contributed by atoms with Crippen molar-refractivity contribution >= 4 is 34.6 Å². The molecule has 0 aromatic carbocycles. The standard InChI is InChI=1S/C31H39FOS/c1-9-14-20-28-29(13-5)34-31(26(12-4)22-21-25(8)33-32)30(28)24(7)18-15-19-27(17-11-3)23(6)16-10-2/h9,11-15,17-23H,4,7,10,16H2,1-3,5-6,8H3/b14-9-,17-11-,18-15+,25-21+,26-22+,27-19+,28-20+,29-13+. The van der Waals surface area contributed by atoms with Crippen LogP contribution in [0.3, 0.4) is 0 Å². The maximum atomic E-state index is 12.5. The second kappa shape index (κ2) is 15.8. The number of allylic oxidation sites excluding steroid dienone is 14. The van der Waals surface area contributed by atoms with Crippen LogP contribution in [0.25, 0.3) is 23.3 Å². The van der Waals surface area contributed by atoms with E-state index in [1.165, 1.54) is 5.57 Å². The monoisotopic (exact) mass is 478 g/mol. The van der Waals surface area contributed by atoms with Crippen LogP contribution in [0.2, 0.25) is 0 Å². The molecule has 0 bridgehead atoms. The Hall–Kier alpha value is -2.91. The molecular weight excluding hydrogens is 439 g/mol. The molecule has 0 saturated carbocycles. The zero-order valence-electron chi connectivity index (χ0n) is 21.5. The fourth-order valence-electron chi connectivity index (χ4n) is 3.56. The van der Waals surface area contributed by atoms with Crippen molar-refractivity contribution in [2.75, 3.05) is 0 Å². The van der Waals surface area contributed by atoms with Gasteiger partial charge in [-0.2, -0.15) is 0 Å². The lowest BCUT2D eigenvalue weighted by Gasteiger charge is -2.11. The molecule has 0 spiro atoms. The smallest absolute Gasteiger partial charge is 0.145 e. The molecule has 1 aromatic rings. The summed E-state index contributed by atoms with van der Waals surface area (Å²) >= 11 is 1.67. The minimum absolute atomic E-state index is 0.182. The molecular formula is C31H39FOS. The Morgan fingerprint density at radius 1 is 1.09 bits per heavy atom. The lowest BCUT2D eigenvalue weighted by molar-refractivity contribution is -0.0819. The predicted molar refractivity (Wildman–Crippen MR) is 152 cm³/mol. The lowest BCUT2D eigenvalue weighted by Crippen LogP contribution is -2.20. The quantitative estimate of drug-likeness (QED) is 0.215. The Morgan fingerprint density at radius 2 is 1.82 bits per heavy atom. The highest BCUT2D eigenvalue weighted by Crippen LogP contribution is 2.27. The van der Waals surface area contributed by atoms with Crippen molar-refractivity contribution in [3.8, 4) is 0 Å². The van der Waals surface area contributed by atoms with Crippen LogP contribution in [0.1, 0.15) is 64.8 Å². The first kappa shape index (κ1) is 29.1. The molecule has 0 aliphatic rings. The number of thiophene rings is 1. The van der Waals surface area contributed by atoms with Crippen molar-refractivity contribution in [3.05, 3.63) is 105 Å². The molecule has 0 saturated heterocycles. The predicted octanol–water partition coefficient (Wildman–Crippen LogP) is 8.79. The highest BCUT2D eigenvalue weighted by Gasteiger charge is 2.13. The van der Waals surface area contributed by atoms with Crippen LogP contribution in [-0.4, -0.2) is 0 Å². The molecule has 0 N–H and O–H groups in total. The summed E-state index contributed by atoms with van der Waals surface area (Å²) in [6, 6.07) is 0. The largest absolute Gasteiger partial charge is 0.299 e. The van der Waals surface area contributed by atoms with Crippen molar-refractivity contribution in [1.82, 2.24) is 0 Å². The van der Waals surface area contributed by atoms with E-state index < -0.39 is 0 Å². The van der Waals surface area contributed by atoms with Crippen LogP contribution >= 0.6 is 11.3 Å². The zero-order valence-corrected chi connectivity index (χ0v) is 22.3. The first-order valence-electron chi connectivity index (χ1n) is 11.8. The van der Waals surface area contributed by atoms with Gasteiger partial charge in [0.25, 0.3) is 0 Å². The van der Waals surface area contributed by atoms with E-state index in [1.807, 2.05) is 39.0 Å². The van der Waals surface area contributed by atoms with Crippen molar-refractivity contribution in [1.29, 1.82) is 0 Å². The van der Waals surface area contributed by atoms with Crippen LogP contribution in [-0.2, 0) is 4.94 Å². The van der Waals surface area contributed by atoms with Gasteiger partial charge < -0.3 is 0 Å². The second-order valence-corrected chi connectivity index (χ2v) is 9.04. The van der Waals surface area contributed by atoms with Crippen molar-refractivity contribution in [2.45, 2.75) is 54.4 Å². The lowest BCUT2D eigenvalue weighted by atomic mass is 9.95. The van der Waals surface area contributed by atoms with Gasteiger partial charge in [-0.3, -0.25) is 4.94 Å². The van der Waals surface area contributed by atoms with Gasteiger partial charge in [0.1, 0.15) is 5.76 Å². The van der Waals surface area contributed by atoms with Gasteiger partial charge in [0.2, 0.25) is 0 Å². The van der Waals surface area contributed by atoms with Crippen LogP contribution in [0.4, 0.5) is 4.53 Å². The first-order valence-corrected chi connectivity index (χ1v) is 12.6. The summed E-state index contributed by atoms with van der Waals surface area (Å²) in [5.41, 5.74) is 4.15. The topological polar surface area (TPSA) is 9.23 Å². The van der Waals surface area contributed by atoms with Crippen molar-refractivity contribution in [3.63, 3.8) is 0 Å². The van der Waals surface area contributed by atoms with Gasteiger partial charge in [0.05, 0.1) is 0 Å². The molecule has 3 heteroatoms. The fraction of sp³-hybridized carbons (Fsp3) is 0.290. The van der Waals surface area contributed by atoms with E-state index in [-0.39, 0.29) is 5.76 Å². The molecule has 1 nitrogen and oxygen atoms in total. The van der Waals surface area contributed by atoms with E-state index in [0.29, 0.717) is 5.92 Å². The van der Waals surface area contributed by atoms with E-state index in [2.05, 4.69) is 74.5 Å². The van der Waals surface area contributed by atoms with E-state index in [4.69, 9.17) is 0 Å².